The molecule has 1 fully saturated rings. The molecule has 2 N–H and O–H groups in total. The number of amides is 1. The Kier molecular flexibility index (Phi) is 5.19. The average Bonchev–Trinajstić information content (AvgIpc) is 3.11. The van der Waals surface area contributed by atoms with Crippen molar-refractivity contribution < 1.29 is 9.18 Å². The van der Waals surface area contributed by atoms with Crippen molar-refractivity contribution in [3.05, 3.63) is 47.0 Å². The van der Waals surface area contributed by atoms with Crippen molar-refractivity contribution in [1.29, 1.82) is 0 Å². The Morgan fingerprint density at radius 1 is 1.39 bits per heavy atom. The second-order valence-electron chi connectivity index (χ2n) is 6.97. The summed E-state index contributed by atoms with van der Waals surface area (Å²) in [6.07, 6.45) is 2.76. The highest BCUT2D eigenvalue weighted by atomic mass is 32.1. The van der Waals surface area contributed by atoms with E-state index in [1.54, 1.807) is 6.20 Å². The van der Waals surface area contributed by atoms with Crippen LogP contribution >= 0.6 is 11.3 Å². The van der Waals surface area contributed by atoms with Crippen LogP contribution in [-0.2, 0) is 0 Å². The molecule has 3 aromatic rings. The van der Waals surface area contributed by atoms with Gasteiger partial charge in [-0.05, 0) is 37.0 Å². The summed E-state index contributed by atoms with van der Waals surface area (Å²) >= 11 is 1.46. The van der Waals surface area contributed by atoms with Crippen molar-refractivity contribution in [3.8, 4) is 0 Å². The summed E-state index contributed by atoms with van der Waals surface area (Å²) in [7, 11) is 1.91. The van der Waals surface area contributed by atoms with Crippen molar-refractivity contribution in [2.24, 2.45) is 5.92 Å². The molecule has 1 saturated heterocycles. The van der Waals surface area contributed by atoms with Gasteiger partial charge in [-0.25, -0.2) is 14.4 Å². The Bertz CT molecular complexity index is 1000. The molecule has 1 amide bonds. The van der Waals surface area contributed by atoms with Crippen LogP contribution in [0.1, 0.15) is 29.0 Å². The number of pyridine rings is 1. The second-order valence-corrected chi connectivity index (χ2v) is 7.88. The van der Waals surface area contributed by atoms with Crippen LogP contribution in [0.25, 0.3) is 10.2 Å². The first-order chi connectivity index (χ1) is 13.5. The maximum absolute atomic E-state index is 13.4. The first kappa shape index (κ1) is 18.7. The minimum atomic E-state index is -0.398. The quantitative estimate of drug-likeness (QED) is 0.662. The van der Waals surface area contributed by atoms with Gasteiger partial charge < -0.3 is 15.5 Å². The molecule has 146 valence electrons. The monoisotopic (exact) mass is 400 g/mol. The molecule has 0 bridgehead atoms. The Morgan fingerprint density at radius 2 is 2.21 bits per heavy atom. The number of nitrogens with zero attached hydrogens (tertiary/aromatic N) is 4. The molecule has 1 aliphatic rings. The first-order valence-electron chi connectivity index (χ1n) is 9.11. The van der Waals surface area contributed by atoms with E-state index in [1.165, 1.54) is 17.4 Å². The maximum atomic E-state index is 13.4. The van der Waals surface area contributed by atoms with Crippen LogP contribution in [0, 0.1) is 11.7 Å². The second kappa shape index (κ2) is 7.76. The molecule has 0 aromatic carbocycles. The topological polar surface area (TPSA) is 83.0 Å². The van der Waals surface area contributed by atoms with Crippen LogP contribution < -0.4 is 10.6 Å². The number of aromatic nitrogens is 3. The predicted octanol–water partition coefficient (Wildman–Crippen LogP) is 2.69. The van der Waals surface area contributed by atoms with E-state index in [-0.39, 0.29) is 11.9 Å². The van der Waals surface area contributed by atoms with Gasteiger partial charge >= 0.3 is 0 Å². The molecular formula is C19H21FN6OS. The SMILES string of the molecule is CNCC1CN(C(=O)c2nc(NC(C)c3cncc(F)c3)nc3ccsc23)C1. The minimum absolute atomic E-state index is 0.0784. The van der Waals surface area contributed by atoms with E-state index in [0.29, 0.717) is 23.1 Å². The molecule has 4 heterocycles. The molecule has 0 aliphatic carbocycles. The minimum Gasteiger partial charge on any atom is -0.348 e. The Hall–Kier alpha value is -2.65. The smallest absolute Gasteiger partial charge is 0.274 e. The third-order valence-corrected chi connectivity index (χ3v) is 5.73. The highest BCUT2D eigenvalue weighted by molar-refractivity contribution is 7.17. The van der Waals surface area contributed by atoms with E-state index in [2.05, 4.69) is 25.6 Å². The third-order valence-electron chi connectivity index (χ3n) is 4.81. The highest BCUT2D eigenvalue weighted by Gasteiger charge is 2.32. The van der Waals surface area contributed by atoms with Gasteiger partial charge in [0.1, 0.15) is 5.82 Å². The fourth-order valence-corrected chi connectivity index (χ4v) is 4.13. The van der Waals surface area contributed by atoms with E-state index >= 15 is 0 Å². The molecule has 3 aromatic heterocycles. The van der Waals surface area contributed by atoms with Crippen molar-refractivity contribution in [3.63, 3.8) is 0 Å². The van der Waals surface area contributed by atoms with Gasteiger partial charge in [0, 0.05) is 31.7 Å². The van der Waals surface area contributed by atoms with Crippen LogP contribution in [-0.4, -0.2) is 52.4 Å². The van der Waals surface area contributed by atoms with Gasteiger partial charge in [0.05, 0.1) is 22.5 Å². The summed E-state index contributed by atoms with van der Waals surface area (Å²) in [4.78, 5) is 27.7. The van der Waals surface area contributed by atoms with Crippen molar-refractivity contribution in [2.45, 2.75) is 13.0 Å². The summed E-state index contributed by atoms with van der Waals surface area (Å²) in [6.45, 7) is 4.22. The van der Waals surface area contributed by atoms with Crippen molar-refractivity contribution >= 4 is 33.4 Å². The van der Waals surface area contributed by atoms with Gasteiger partial charge in [-0.3, -0.25) is 9.78 Å². The standard InChI is InChI=1S/C19H21FN6OS/c1-11(13-5-14(20)8-22-7-13)23-19-24-15-3-4-28-17(15)16(25-19)18(27)26-9-12(10-26)6-21-2/h3-5,7-8,11-12,21H,6,9-10H2,1-2H3,(H,23,24,25). The Morgan fingerprint density at radius 3 is 2.96 bits per heavy atom. The van der Waals surface area contributed by atoms with Crippen LogP contribution in [0.4, 0.5) is 10.3 Å². The molecule has 28 heavy (non-hydrogen) atoms. The number of likely N-dealkylation sites (tertiary alicyclic amines) is 1. The van der Waals surface area contributed by atoms with E-state index in [0.717, 1.165) is 36.0 Å². The number of thiophene rings is 1. The molecule has 0 radical (unpaired) electrons. The van der Waals surface area contributed by atoms with Gasteiger partial charge in [0.15, 0.2) is 5.69 Å². The summed E-state index contributed by atoms with van der Waals surface area (Å²) in [5.74, 6) is 0.349. The lowest BCUT2D eigenvalue weighted by Crippen LogP contribution is -2.53. The van der Waals surface area contributed by atoms with Gasteiger partial charge in [0.25, 0.3) is 5.91 Å². The fourth-order valence-electron chi connectivity index (χ4n) is 3.32. The van der Waals surface area contributed by atoms with Gasteiger partial charge in [0.2, 0.25) is 5.95 Å². The number of carbonyl (C=O) groups excluding carboxylic acids is 1. The molecule has 0 saturated carbocycles. The highest BCUT2D eigenvalue weighted by Crippen LogP contribution is 2.28. The van der Waals surface area contributed by atoms with E-state index < -0.39 is 5.82 Å². The molecule has 1 atom stereocenters. The Labute approximate surface area is 166 Å². The van der Waals surface area contributed by atoms with Crippen LogP contribution in [0.15, 0.2) is 29.9 Å². The van der Waals surface area contributed by atoms with Gasteiger partial charge in [-0.15, -0.1) is 11.3 Å². The summed E-state index contributed by atoms with van der Waals surface area (Å²) in [5, 5.41) is 8.21. The number of halogens is 1. The average molecular weight is 400 g/mol. The van der Waals surface area contributed by atoms with Crippen LogP contribution in [0.3, 0.4) is 0 Å². The summed E-state index contributed by atoms with van der Waals surface area (Å²) in [6, 6.07) is 3.03. The van der Waals surface area contributed by atoms with E-state index in [1.807, 2.05) is 30.3 Å². The first-order valence-corrected chi connectivity index (χ1v) is 9.99. The molecular weight excluding hydrogens is 379 g/mol. The van der Waals surface area contributed by atoms with Crippen LogP contribution in [0.2, 0.25) is 0 Å². The van der Waals surface area contributed by atoms with E-state index in [4.69, 9.17) is 0 Å². The number of hydrogen-bond acceptors (Lipinski definition) is 7. The normalized spacial score (nSPS) is 15.5. The molecule has 9 heteroatoms. The van der Waals surface area contributed by atoms with Crippen LogP contribution in [0.5, 0.6) is 0 Å². The fraction of sp³-hybridized carbons (Fsp3) is 0.368. The number of nitrogens with one attached hydrogen (secondary N) is 2. The van der Waals surface area contributed by atoms with Gasteiger partial charge in [-0.1, -0.05) is 0 Å². The number of fused-ring (bicyclic) bond motifs is 1. The lowest BCUT2D eigenvalue weighted by atomic mass is 10.00. The molecule has 7 nitrogen and oxygen atoms in total. The lowest BCUT2D eigenvalue weighted by molar-refractivity contribution is 0.0500. The van der Waals surface area contributed by atoms with Crippen molar-refractivity contribution in [2.75, 3.05) is 32.0 Å². The summed E-state index contributed by atoms with van der Waals surface area (Å²) < 4.78 is 14.2. The Balaban J connectivity index is 1.58. The van der Waals surface area contributed by atoms with E-state index in [9.17, 15) is 9.18 Å². The molecule has 4 rings (SSSR count). The predicted molar refractivity (Wildman–Crippen MR) is 107 cm³/mol. The number of hydrogen-bond donors (Lipinski definition) is 2. The largest absolute Gasteiger partial charge is 0.348 e. The van der Waals surface area contributed by atoms with Crippen molar-refractivity contribution in [1.82, 2.24) is 25.2 Å². The molecule has 0 spiro atoms. The zero-order valence-corrected chi connectivity index (χ0v) is 16.5. The molecule has 1 aliphatic heterocycles. The lowest BCUT2D eigenvalue weighted by Gasteiger charge is -2.39. The van der Waals surface area contributed by atoms with Gasteiger partial charge in [-0.2, -0.15) is 0 Å². The number of rotatable bonds is 6. The molecule has 1 unspecified atom stereocenters. The number of carbonyl (C=O) groups is 1. The maximum Gasteiger partial charge on any atom is 0.274 e. The summed E-state index contributed by atoms with van der Waals surface area (Å²) in [5.41, 5.74) is 1.82. The third kappa shape index (κ3) is 3.67. The zero-order valence-electron chi connectivity index (χ0n) is 15.6. The zero-order chi connectivity index (χ0) is 19.7. The number of anilines is 1.